The number of nitrogens with zero attached hydrogens (tertiary/aromatic N) is 1. The number of carbonyl (C=O) groups is 1. The molecule has 1 amide bonds. The van der Waals surface area contributed by atoms with Crippen molar-refractivity contribution in [2.75, 3.05) is 19.5 Å². The van der Waals surface area contributed by atoms with E-state index in [1.807, 2.05) is 24.3 Å². The lowest BCUT2D eigenvalue weighted by Crippen LogP contribution is -2.36. The number of aliphatic imine (C=N–C) groups is 1. The Labute approximate surface area is 169 Å². The molecule has 2 aromatic rings. The van der Waals surface area contributed by atoms with Crippen LogP contribution in [0.2, 0.25) is 0 Å². The summed E-state index contributed by atoms with van der Waals surface area (Å²) in [4.78, 5) is 17.9. The molecule has 0 saturated heterocycles. The molecular weight excluding hydrogens is 451 g/mol. The molecule has 0 aliphatic rings. The summed E-state index contributed by atoms with van der Waals surface area (Å²) in [6, 6.07) is 11.8. The van der Waals surface area contributed by atoms with Gasteiger partial charge in [-0.2, -0.15) is 0 Å². The van der Waals surface area contributed by atoms with E-state index in [1.54, 1.807) is 18.4 Å². The van der Waals surface area contributed by atoms with Crippen LogP contribution in [0.5, 0.6) is 0 Å². The number of hydrogen-bond acceptors (Lipinski definition) is 4. The summed E-state index contributed by atoms with van der Waals surface area (Å²) in [5, 5.41) is 9.17. The number of ether oxygens (including phenoxy) is 1. The average molecular weight is 474 g/mol. The molecule has 0 fully saturated rings. The minimum absolute atomic E-state index is 0. The molecule has 0 bridgehead atoms. The first-order valence-electron chi connectivity index (χ1n) is 7.54. The van der Waals surface area contributed by atoms with Gasteiger partial charge in [0.25, 0.3) is 0 Å². The summed E-state index contributed by atoms with van der Waals surface area (Å²) in [6.45, 7) is 3.49. The number of methoxy groups -OCH3 is 1. The number of benzene rings is 1. The fraction of sp³-hybridized carbons (Fsp3) is 0.294. The van der Waals surface area contributed by atoms with Gasteiger partial charge in [-0.1, -0.05) is 12.1 Å². The van der Waals surface area contributed by atoms with E-state index in [-0.39, 0.29) is 24.0 Å². The van der Waals surface area contributed by atoms with E-state index < -0.39 is 6.09 Å². The molecule has 0 saturated carbocycles. The number of anilines is 1. The van der Waals surface area contributed by atoms with Crippen LogP contribution in [0, 0.1) is 6.92 Å². The van der Waals surface area contributed by atoms with Gasteiger partial charge in [0.15, 0.2) is 5.96 Å². The largest absolute Gasteiger partial charge is 0.453 e. The minimum atomic E-state index is -0.478. The van der Waals surface area contributed by atoms with Crippen molar-refractivity contribution in [3.63, 3.8) is 0 Å². The first kappa shape index (κ1) is 21.2. The van der Waals surface area contributed by atoms with Crippen molar-refractivity contribution in [3.8, 4) is 0 Å². The molecule has 0 spiro atoms. The molecule has 0 unspecified atom stereocenters. The monoisotopic (exact) mass is 474 g/mol. The zero-order chi connectivity index (χ0) is 17.4. The van der Waals surface area contributed by atoms with Gasteiger partial charge in [-0.3, -0.25) is 10.3 Å². The molecule has 136 valence electrons. The number of rotatable bonds is 5. The number of hydrogen-bond donors (Lipinski definition) is 3. The zero-order valence-electron chi connectivity index (χ0n) is 14.5. The number of nitrogens with one attached hydrogen (secondary N) is 3. The van der Waals surface area contributed by atoms with Crippen LogP contribution in [0.4, 0.5) is 10.5 Å². The Morgan fingerprint density at radius 3 is 2.36 bits per heavy atom. The SMILES string of the molecule is CN=C(NCc1ccc(NC(=O)OC)cc1)NCc1ccc(C)s1.I. The van der Waals surface area contributed by atoms with Crippen molar-refractivity contribution in [1.29, 1.82) is 0 Å². The molecule has 1 aromatic heterocycles. The van der Waals surface area contributed by atoms with Gasteiger partial charge in [0.2, 0.25) is 0 Å². The fourth-order valence-corrected chi connectivity index (χ4v) is 2.86. The molecule has 0 aliphatic heterocycles. The summed E-state index contributed by atoms with van der Waals surface area (Å²) in [5.41, 5.74) is 1.78. The van der Waals surface area contributed by atoms with Gasteiger partial charge in [0.1, 0.15) is 0 Å². The maximum atomic E-state index is 11.1. The van der Waals surface area contributed by atoms with Crippen LogP contribution in [-0.4, -0.2) is 26.2 Å². The highest BCUT2D eigenvalue weighted by atomic mass is 127. The van der Waals surface area contributed by atoms with E-state index in [9.17, 15) is 4.79 Å². The van der Waals surface area contributed by atoms with Gasteiger partial charge in [-0.05, 0) is 36.8 Å². The number of halogens is 1. The minimum Gasteiger partial charge on any atom is -0.453 e. The van der Waals surface area contributed by atoms with Crippen molar-refractivity contribution >= 4 is 53.1 Å². The Morgan fingerprint density at radius 2 is 1.80 bits per heavy atom. The number of thiophene rings is 1. The van der Waals surface area contributed by atoms with Gasteiger partial charge >= 0.3 is 6.09 Å². The van der Waals surface area contributed by atoms with Gasteiger partial charge in [0.05, 0.1) is 13.7 Å². The van der Waals surface area contributed by atoms with E-state index >= 15 is 0 Å². The normalized spacial score (nSPS) is 10.6. The molecule has 1 heterocycles. The van der Waals surface area contributed by atoms with Crippen molar-refractivity contribution in [2.45, 2.75) is 20.0 Å². The van der Waals surface area contributed by atoms with Crippen LogP contribution < -0.4 is 16.0 Å². The summed E-state index contributed by atoms with van der Waals surface area (Å²) >= 11 is 1.77. The van der Waals surface area contributed by atoms with Crippen LogP contribution in [0.1, 0.15) is 15.3 Å². The fourth-order valence-electron chi connectivity index (χ4n) is 2.03. The topological polar surface area (TPSA) is 74.8 Å². The molecule has 0 radical (unpaired) electrons. The highest BCUT2D eigenvalue weighted by Gasteiger charge is 2.02. The summed E-state index contributed by atoms with van der Waals surface area (Å²) in [5.74, 6) is 0.748. The summed E-state index contributed by atoms with van der Waals surface area (Å²) < 4.78 is 4.56. The first-order chi connectivity index (χ1) is 11.6. The number of guanidine groups is 1. The lowest BCUT2D eigenvalue weighted by atomic mass is 10.2. The van der Waals surface area contributed by atoms with E-state index in [2.05, 4.69) is 44.7 Å². The number of aryl methyl sites for hydroxylation is 1. The Bertz CT molecular complexity index is 701. The van der Waals surface area contributed by atoms with Crippen molar-refractivity contribution in [1.82, 2.24) is 10.6 Å². The Morgan fingerprint density at radius 1 is 1.12 bits per heavy atom. The van der Waals surface area contributed by atoms with Crippen molar-refractivity contribution in [2.24, 2.45) is 4.99 Å². The molecule has 25 heavy (non-hydrogen) atoms. The predicted molar refractivity (Wildman–Crippen MR) is 114 cm³/mol. The zero-order valence-corrected chi connectivity index (χ0v) is 17.6. The second-order valence-corrected chi connectivity index (χ2v) is 6.48. The molecule has 0 aliphatic carbocycles. The molecule has 3 N–H and O–H groups in total. The molecule has 2 rings (SSSR count). The van der Waals surface area contributed by atoms with Crippen LogP contribution in [-0.2, 0) is 17.8 Å². The lowest BCUT2D eigenvalue weighted by Gasteiger charge is -2.11. The van der Waals surface area contributed by atoms with Gasteiger partial charge < -0.3 is 15.4 Å². The predicted octanol–water partition coefficient (Wildman–Crippen LogP) is 3.72. The third-order valence-corrected chi connectivity index (χ3v) is 4.30. The van der Waals surface area contributed by atoms with Crippen LogP contribution in [0.15, 0.2) is 41.4 Å². The van der Waals surface area contributed by atoms with Crippen LogP contribution in [0.25, 0.3) is 0 Å². The van der Waals surface area contributed by atoms with E-state index in [0.717, 1.165) is 18.1 Å². The number of amides is 1. The van der Waals surface area contributed by atoms with E-state index in [4.69, 9.17) is 0 Å². The van der Waals surface area contributed by atoms with Gasteiger partial charge in [-0.15, -0.1) is 35.3 Å². The highest BCUT2D eigenvalue weighted by molar-refractivity contribution is 14.0. The third kappa shape index (κ3) is 7.30. The Balaban J connectivity index is 0.00000312. The summed E-state index contributed by atoms with van der Waals surface area (Å²) in [7, 11) is 3.09. The molecule has 6 nitrogen and oxygen atoms in total. The van der Waals surface area contributed by atoms with Gasteiger partial charge in [0, 0.05) is 29.0 Å². The average Bonchev–Trinajstić information content (AvgIpc) is 3.01. The molecular formula is C17H23IN4O2S. The van der Waals surface area contributed by atoms with Crippen LogP contribution in [0.3, 0.4) is 0 Å². The highest BCUT2D eigenvalue weighted by Crippen LogP contribution is 2.14. The van der Waals surface area contributed by atoms with Crippen LogP contribution >= 0.6 is 35.3 Å². The smallest absolute Gasteiger partial charge is 0.411 e. The summed E-state index contributed by atoms with van der Waals surface area (Å²) in [6.07, 6.45) is -0.478. The maximum absolute atomic E-state index is 11.1. The maximum Gasteiger partial charge on any atom is 0.411 e. The van der Waals surface area contributed by atoms with Crippen molar-refractivity contribution in [3.05, 3.63) is 51.7 Å². The van der Waals surface area contributed by atoms with Gasteiger partial charge in [-0.25, -0.2) is 4.79 Å². The second-order valence-electron chi connectivity index (χ2n) is 5.11. The quantitative estimate of drug-likeness (QED) is 0.351. The van der Waals surface area contributed by atoms with E-state index in [0.29, 0.717) is 12.2 Å². The second kappa shape index (κ2) is 10.9. The number of carbonyl (C=O) groups excluding carboxylic acids is 1. The lowest BCUT2D eigenvalue weighted by molar-refractivity contribution is 0.187. The Kier molecular flexibility index (Phi) is 9.28. The Hall–Kier alpha value is -1.81. The molecule has 0 atom stereocenters. The molecule has 1 aromatic carbocycles. The van der Waals surface area contributed by atoms with Crippen molar-refractivity contribution < 1.29 is 9.53 Å². The van der Waals surface area contributed by atoms with E-state index in [1.165, 1.54) is 16.9 Å². The first-order valence-corrected chi connectivity index (χ1v) is 8.36. The standard InChI is InChI=1S/C17H22N4O2S.HI/c1-12-4-9-15(24-12)11-20-16(18-2)19-10-13-5-7-14(8-6-13)21-17(22)23-3;/h4-9H,10-11H2,1-3H3,(H,21,22)(H2,18,19,20);1H. The molecule has 8 heteroatoms. The third-order valence-electron chi connectivity index (χ3n) is 3.30.